The van der Waals surface area contributed by atoms with E-state index in [9.17, 15) is 9.90 Å². The summed E-state index contributed by atoms with van der Waals surface area (Å²) in [5, 5.41) is 20.0. The Hall–Kier alpha value is -3.70. The summed E-state index contributed by atoms with van der Waals surface area (Å²) >= 11 is 0. The molecule has 0 spiro atoms. The van der Waals surface area contributed by atoms with E-state index in [-0.39, 0.29) is 12.6 Å². The Labute approximate surface area is 223 Å². The smallest absolute Gasteiger partial charge is 0.317 e. The first-order valence-corrected chi connectivity index (χ1v) is 13.0. The van der Waals surface area contributed by atoms with Crippen molar-refractivity contribution in [3.8, 4) is 28.4 Å². The lowest BCUT2D eigenvalue weighted by atomic mass is 10.0. The third kappa shape index (κ3) is 6.05. The number of ether oxygens (including phenoxy) is 1. The average molecular weight is 524 g/mol. The van der Waals surface area contributed by atoms with Crippen LogP contribution in [0.15, 0.2) is 28.8 Å². The molecular formula is C27H37N7O4. The van der Waals surface area contributed by atoms with Crippen LogP contribution in [0.1, 0.15) is 23.9 Å². The number of aromatic nitrogens is 3. The van der Waals surface area contributed by atoms with Gasteiger partial charge in [0, 0.05) is 50.4 Å². The SMILES string of the molecule is CCNC(=O)N1CCN(c2nc(-c3cccc(OCC(O)CNC)c3)nc(-c3c(C)noc3C)c2C)CC1. The molecule has 2 aromatic heterocycles. The summed E-state index contributed by atoms with van der Waals surface area (Å²) in [6.45, 7) is 11.4. The molecule has 1 aliphatic rings. The lowest BCUT2D eigenvalue weighted by Crippen LogP contribution is -2.52. The number of likely N-dealkylation sites (N-methyl/N-ethyl adjacent to an activating group) is 1. The van der Waals surface area contributed by atoms with Crippen LogP contribution in [0, 0.1) is 20.8 Å². The van der Waals surface area contributed by atoms with Crippen LogP contribution in [-0.2, 0) is 0 Å². The van der Waals surface area contributed by atoms with Crippen LogP contribution in [0.3, 0.4) is 0 Å². The predicted octanol–water partition coefficient (Wildman–Crippen LogP) is 2.53. The first kappa shape index (κ1) is 27.3. The van der Waals surface area contributed by atoms with Gasteiger partial charge in [-0.2, -0.15) is 0 Å². The van der Waals surface area contributed by atoms with Crippen molar-refractivity contribution < 1.29 is 19.2 Å². The Morgan fingerprint density at radius 3 is 2.61 bits per heavy atom. The minimum Gasteiger partial charge on any atom is -0.491 e. The molecule has 3 heterocycles. The molecule has 11 nitrogen and oxygen atoms in total. The molecule has 204 valence electrons. The number of nitrogens with one attached hydrogen (secondary N) is 2. The standard InChI is InChI=1S/C27H37N7O4/c1-6-29-27(36)34-12-10-33(11-13-34)26-17(2)24(23-18(3)32-38-19(23)4)30-25(31-26)20-8-7-9-22(14-20)37-16-21(35)15-28-5/h7-9,14,21,28,35H,6,10-13,15-16H2,1-5H3,(H,29,36). The molecule has 1 aliphatic heterocycles. The number of aliphatic hydroxyl groups is 1. The second-order valence-electron chi connectivity index (χ2n) is 9.40. The van der Waals surface area contributed by atoms with Gasteiger partial charge in [-0.15, -0.1) is 0 Å². The second kappa shape index (κ2) is 12.2. The predicted molar refractivity (Wildman–Crippen MR) is 145 cm³/mol. The highest BCUT2D eigenvalue weighted by molar-refractivity contribution is 5.76. The molecule has 0 radical (unpaired) electrons. The average Bonchev–Trinajstić information content (AvgIpc) is 3.25. The Bertz CT molecular complexity index is 1230. The number of carbonyl (C=O) groups excluding carboxylic acids is 1. The molecule has 0 saturated carbocycles. The van der Waals surface area contributed by atoms with Crippen molar-refractivity contribution >= 4 is 11.8 Å². The fraction of sp³-hybridized carbons (Fsp3) is 0.481. The van der Waals surface area contributed by atoms with E-state index in [2.05, 4.69) is 20.7 Å². The third-order valence-electron chi connectivity index (χ3n) is 6.56. The van der Waals surface area contributed by atoms with Crippen molar-refractivity contribution in [2.24, 2.45) is 0 Å². The summed E-state index contributed by atoms with van der Waals surface area (Å²) in [4.78, 5) is 26.3. The van der Waals surface area contributed by atoms with Crippen molar-refractivity contribution in [3.63, 3.8) is 0 Å². The van der Waals surface area contributed by atoms with E-state index in [1.54, 1.807) is 7.05 Å². The van der Waals surface area contributed by atoms with Crippen LogP contribution in [-0.4, -0.2) is 90.2 Å². The van der Waals surface area contributed by atoms with Crippen LogP contribution in [0.2, 0.25) is 0 Å². The van der Waals surface area contributed by atoms with Gasteiger partial charge in [-0.25, -0.2) is 14.8 Å². The van der Waals surface area contributed by atoms with Crippen LogP contribution >= 0.6 is 0 Å². The van der Waals surface area contributed by atoms with E-state index in [1.807, 2.05) is 56.9 Å². The highest BCUT2D eigenvalue weighted by atomic mass is 16.5. The molecule has 4 rings (SSSR count). The van der Waals surface area contributed by atoms with Crippen molar-refractivity contribution in [1.29, 1.82) is 0 Å². The Kier molecular flexibility index (Phi) is 8.80. The van der Waals surface area contributed by atoms with Crippen LogP contribution < -0.4 is 20.3 Å². The number of aryl methyl sites for hydroxylation is 2. The quantitative estimate of drug-likeness (QED) is 0.387. The summed E-state index contributed by atoms with van der Waals surface area (Å²) in [6, 6.07) is 7.51. The molecule has 3 N–H and O–H groups in total. The Morgan fingerprint density at radius 1 is 1.18 bits per heavy atom. The first-order valence-electron chi connectivity index (χ1n) is 13.0. The fourth-order valence-corrected chi connectivity index (χ4v) is 4.60. The number of nitrogens with zero attached hydrogens (tertiary/aromatic N) is 5. The van der Waals surface area contributed by atoms with Gasteiger partial charge in [-0.05, 0) is 46.9 Å². The van der Waals surface area contributed by atoms with Crippen molar-refractivity contribution in [2.75, 3.05) is 57.8 Å². The molecule has 1 unspecified atom stereocenters. The number of rotatable bonds is 9. The zero-order chi connectivity index (χ0) is 27.2. The van der Waals surface area contributed by atoms with Crippen LogP contribution in [0.4, 0.5) is 10.6 Å². The largest absolute Gasteiger partial charge is 0.491 e. The van der Waals surface area contributed by atoms with Gasteiger partial charge in [0.2, 0.25) is 0 Å². The number of carbonyl (C=O) groups is 1. The van der Waals surface area contributed by atoms with E-state index in [0.717, 1.165) is 33.9 Å². The number of benzene rings is 1. The number of hydrogen-bond donors (Lipinski definition) is 3. The van der Waals surface area contributed by atoms with E-state index >= 15 is 0 Å². The number of anilines is 1. The summed E-state index contributed by atoms with van der Waals surface area (Å²) < 4.78 is 11.3. The molecule has 0 bridgehead atoms. The van der Waals surface area contributed by atoms with Crippen LogP contribution in [0.25, 0.3) is 22.6 Å². The van der Waals surface area contributed by atoms with Gasteiger partial charge in [0.05, 0.1) is 17.0 Å². The van der Waals surface area contributed by atoms with E-state index < -0.39 is 6.10 Å². The van der Waals surface area contributed by atoms with Crippen LogP contribution in [0.5, 0.6) is 5.75 Å². The lowest BCUT2D eigenvalue weighted by molar-refractivity contribution is 0.108. The zero-order valence-corrected chi connectivity index (χ0v) is 22.7. The van der Waals surface area contributed by atoms with E-state index in [1.165, 1.54) is 0 Å². The van der Waals surface area contributed by atoms with Crippen molar-refractivity contribution in [2.45, 2.75) is 33.8 Å². The molecule has 1 saturated heterocycles. The van der Waals surface area contributed by atoms with Gasteiger partial charge in [0.15, 0.2) is 5.82 Å². The van der Waals surface area contributed by atoms with Gasteiger partial charge >= 0.3 is 6.03 Å². The minimum atomic E-state index is -0.616. The summed E-state index contributed by atoms with van der Waals surface area (Å²) in [6.07, 6.45) is -0.616. The maximum absolute atomic E-state index is 12.3. The summed E-state index contributed by atoms with van der Waals surface area (Å²) in [7, 11) is 1.78. The van der Waals surface area contributed by atoms with E-state index in [4.69, 9.17) is 19.2 Å². The van der Waals surface area contributed by atoms with Gasteiger partial charge < -0.3 is 34.8 Å². The van der Waals surface area contributed by atoms with Crippen molar-refractivity contribution in [3.05, 3.63) is 41.3 Å². The molecule has 3 aromatic rings. The maximum atomic E-state index is 12.3. The molecule has 2 amide bonds. The topological polar surface area (TPSA) is 129 Å². The van der Waals surface area contributed by atoms with Crippen molar-refractivity contribution in [1.82, 2.24) is 30.7 Å². The molecule has 1 aromatic carbocycles. The molecule has 11 heteroatoms. The normalized spacial score (nSPS) is 14.5. The van der Waals surface area contributed by atoms with Gasteiger partial charge in [0.1, 0.15) is 30.0 Å². The first-order chi connectivity index (χ1) is 18.3. The number of urea groups is 1. The molecule has 0 aliphatic carbocycles. The second-order valence-corrected chi connectivity index (χ2v) is 9.40. The van der Waals surface area contributed by atoms with Gasteiger partial charge in [-0.1, -0.05) is 17.3 Å². The van der Waals surface area contributed by atoms with Gasteiger partial charge in [0.25, 0.3) is 0 Å². The monoisotopic (exact) mass is 523 g/mol. The summed E-state index contributed by atoms with van der Waals surface area (Å²) in [5.41, 5.74) is 4.11. The van der Waals surface area contributed by atoms with E-state index in [0.29, 0.717) is 56.6 Å². The minimum absolute atomic E-state index is 0.0414. The lowest BCUT2D eigenvalue weighted by Gasteiger charge is -2.36. The molecular weight excluding hydrogens is 486 g/mol. The number of amides is 2. The Balaban J connectivity index is 1.69. The Morgan fingerprint density at radius 2 is 1.95 bits per heavy atom. The molecule has 1 atom stereocenters. The number of hydrogen-bond acceptors (Lipinski definition) is 9. The molecule has 38 heavy (non-hydrogen) atoms. The maximum Gasteiger partial charge on any atom is 0.317 e. The number of piperazine rings is 1. The third-order valence-corrected chi connectivity index (χ3v) is 6.56. The highest BCUT2D eigenvalue weighted by Crippen LogP contribution is 2.35. The molecule has 1 fully saturated rings. The number of aliphatic hydroxyl groups excluding tert-OH is 1. The zero-order valence-electron chi connectivity index (χ0n) is 22.7. The summed E-state index contributed by atoms with van der Waals surface area (Å²) in [5.74, 6) is 2.68. The highest BCUT2D eigenvalue weighted by Gasteiger charge is 2.26. The van der Waals surface area contributed by atoms with Gasteiger partial charge in [-0.3, -0.25) is 0 Å². The fourth-order valence-electron chi connectivity index (χ4n) is 4.60.